The first kappa shape index (κ1) is 15.4. The van der Waals surface area contributed by atoms with Gasteiger partial charge < -0.3 is 14.2 Å². The number of para-hydroxylation sites is 1. The van der Waals surface area contributed by atoms with E-state index in [9.17, 15) is 4.79 Å². The summed E-state index contributed by atoms with van der Waals surface area (Å²) in [5, 5.41) is 9.15. The van der Waals surface area contributed by atoms with Gasteiger partial charge in [0.15, 0.2) is 0 Å². The molecule has 0 unspecified atom stereocenters. The Morgan fingerprint density at radius 2 is 1.86 bits per heavy atom. The minimum atomic E-state index is -1.04. The largest absolute Gasteiger partial charge is 0.509 e. The highest BCUT2D eigenvalue weighted by molar-refractivity contribution is 5.60. The summed E-state index contributed by atoms with van der Waals surface area (Å²) in [6, 6.07) is 18.0. The fourth-order valence-corrected chi connectivity index (χ4v) is 1.78. The third-order valence-corrected chi connectivity index (χ3v) is 2.73. The van der Waals surface area contributed by atoms with E-state index in [1.165, 1.54) is 0 Å². The molecule has 0 saturated carbocycles. The third-order valence-electron chi connectivity index (χ3n) is 2.73. The fourth-order valence-electron chi connectivity index (χ4n) is 1.78. The van der Waals surface area contributed by atoms with Crippen LogP contribution in [0.15, 0.2) is 54.6 Å². The lowest BCUT2D eigenvalue weighted by Crippen LogP contribution is -2.11. The number of ether oxygens (including phenoxy) is 3. The Balaban J connectivity index is 2.12. The van der Waals surface area contributed by atoms with E-state index in [1.807, 2.05) is 36.4 Å². The van der Waals surface area contributed by atoms with Crippen LogP contribution in [0.25, 0.3) is 0 Å². The van der Waals surface area contributed by atoms with Crippen LogP contribution in [0.3, 0.4) is 0 Å². The molecule has 0 bridgehead atoms. The molecule has 22 heavy (non-hydrogen) atoms. The normalized spacial score (nSPS) is 11.1. The minimum absolute atomic E-state index is 0.189. The predicted octanol–water partition coefficient (Wildman–Crippen LogP) is 4.22. The van der Waals surface area contributed by atoms with E-state index in [0.29, 0.717) is 17.1 Å². The lowest BCUT2D eigenvalue weighted by molar-refractivity contribution is 0.0420. The van der Waals surface area contributed by atoms with E-state index < -0.39 is 12.3 Å². The number of nitriles is 1. The van der Waals surface area contributed by atoms with Crippen molar-refractivity contribution >= 4 is 6.16 Å². The number of carbonyl (C=O) groups excluding carboxylic acids is 1. The maximum Gasteiger partial charge on any atom is 0.509 e. The highest BCUT2D eigenvalue weighted by atomic mass is 16.7. The van der Waals surface area contributed by atoms with Crippen LogP contribution in [0.5, 0.6) is 11.5 Å². The Hall–Kier alpha value is -3.00. The second kappa shape index (κ2) is 7.70. The number of benzene rings is 2. The molecule has 2 rings (SSSR count). The molecule has 0 aliphatic rings. The third kappa shape index (κ3) is 4.25. The summed E-state index contributed by atoms with van der Waals surface area (Å²) in [6.45, 7) is 1.85. The van der Waals surface area contributed by atoms with Crippen molar-refractivity contribution in [3.05, 3.63) is 60.2 Å². The molecule has 0 N–H and O–H groups in total. The summed E-state index contributed by atoms with van der Waals surface area (Å²) in [5.41, 5.74) is 0.518. The van der Waals surface area contributed by atoms with Crippen molar-refractivity contribution in [2.24, 2.45) is 0 Å². The van der Waals surface area contributed by atoms with Gasteiger partial charge in [0.1, 0.15) is 17.6 Å². The van der Waals surface area contributed by atoms with Crippen LogP contribution in [0.2, 0.25) is 0 Å². The first-order valence-corrected chi connectivity index (χ1v) is 6.79. The van der Waals surface area contributed by atoms with Gasteiger partial charge in [-0.05, 0) is 31.2 Å². The van der Waals surface area contributed by atoms with Crippen LogP contribution in [-0.2, 0) is 9.47 Å². The summed E-state index contributed by atoms with van der Waals surface area (Å²) in [4.78, 5) is 11.3. The molecule has 0 aromatic heterocycles. The van der Waals surface area contributed by atoms with E-state index in [4.69, 9.17) is 14.7 Å². The Kier molecular flexibility index (Phi) is 5.38. The van der Waals surface area contributed by atoms with Gasteiger partial charge in [-0.25, -0.2) is 4.79 Å². The van der Waals surface area contributed by atoms with Gasteiger partial charge in [0, 0.05) is 5.56 Å². The molecule has 5 heteroatoms. The van der Waals surface area contributed by atoms with Gasteiger partial charge in [-0.3, -0.25) is 0 Å². The van der Waals surface area contributed by atoms with Crippen molar-refractivity contribution < 1.29 is 19.0 Å². The highest BCUT2D eigenvalue weighted by Gasteiger charge is 2.17. The van der Waals surface area contributed by atoms with E-state index in [0.717, 1.165) is 0 Å². The molecular formula is C17H15NO4. The number of hydrogen-bond acceptors (Lipinski definition) is 5. The summed E-state index contributed by atoms with van der Waals surface area (Å²) in [7, 11) is 0. The van der Waals surface area contributed by atoms with Crippen molar-refractivity contribution in [1.82, 2.24) is 0 Å². The maximum absolute atomic E-state index is 11.3. The van der Waals surface area contributed by atoms with Gasteiger partial charge in [-0.15, -0.1) is 0 Å². The average molecular weight is 297 g/mol. The SMILES string of the molecule is CCOC(=O)O[C@H](C#N)c1cccc(Oc2ccccc2)c1. The molecule has 2 aromatic rings. The van der Waals surface area contributed by atoms with Gasteiger partial charge >= 0.3 is 6.16 Å². The van der Waals surface area contributed by atoms with Gasteiger partial charge in [0.2, 0.25) is 6.10 Å². The monoisotopic (exact) mass is 297 g/mol. The van der Waals surface area contributed by atoms with Gasteiger partial charge in [0.05, 0.1) is 6.61 Å². The Bertz CT molecular complexity index is 664. The zero-order valence-electron chi connectivity index (χ0n) is 12.1. The summed E-state index contributed by atoms with van der Waals surface area (Å²) < 4.78 is 15.3. The number of carbonyl (C=O) groups is 1. The van der Waals surface area contributed by atoms with Crippen LogP contribution in [-0.4, -0.2) is 12.8 Å². The molecule has 0 aliphatic heterocycles. The number of nitrogens with zero attached hydrogens (tertiary/aromatic N) is 1. The molecule has 1 atom stereocenters. The Morgan fingerprint density at radius 3 is 2.55 bits per heavy atom. The number of hydrogen-bond donors (Lipinski definition) is 0. The molecule has 0 radical (unpaired) electrons. The van der Waals surface area contributed by atoms with Crippen LogP contribution in [0, 0.1) is 11.3 Å². The molecule has 0 fully saturated rings. The predicted molar refractivity (Wildman–Crippen MR) is 79.4 cm³/mol. The molecule has 0 aliphatic carbocycles. The molecule has 2 aromatic carbocycles. The lowest BCUT2D eigenvalue weighted by Gasteiger charge is -2.12. The minimum Gasteiger partial charge on any atom is -0.457 e. The molecule has 5 nitrogen and oxygen atoms in total. The van der Waals surface area contributed by atoms with E-state index in [2.05, 4.69) is 4.74 Å². The van der Waals surface area contributed by atoms with Crippen LogP contribution >= 0.6 is 0 Å². The fraction of sp³-hybridized carbons (Fsp3) is 0.176. The molecule has 0 heterocycles. The average Bonchev–Trinajstić information content (AvgIpc) is 2.54. The summed E-state index contributed by atoms with van der Waals surface area (Å²) >= 11 is 0. The zero-order valence-corrected chi connectivity index (χ0v) is 12.1. The summed E-state index contributed by atoms with van der Waals surface area (Å²) in [6.07, 6.45) is -1.91. The van der Waals surface area contributed by atoms with E-state index in [-0.39, 0.29) is 6.61 Å². The van der Waals surface area contributed by atoms with Crippen molar-refractivity contribution in [2.75, 3.05) is 6.61 Å². The van der Waals surface area contributed by atoms with Crippen LogP contribution < -0.4 is 4.74 Å². The first-order chi connectivity index (χ1) is 10.7. The van der Waals surface area contributed by atoms with Gasteiger partial charge in [0.25, 0.3) is 0 Å². The Labute approximate surface area is 128 Å². The van der Waals surface area contributed by atoms with E-state index in [1.54, 1.807) is 31.2 Å². The van der Waals surface area contributed by atoms with Crippen molar-refractivity contribution in [1.29, 1.82) is 5.26 Å². The zero-order chi connectivity index (χ0) is 15.8. The molecule has 112 valence electrons. The highest BCUT2D eigenvalue weighted by Crippen LogP contribution is 2.26. The van der Waals surface area contributed by atoms with E-state index >= 15 is 0 Å². The van der Waals surface area contributed by atoms with Crippen molar-refractivity contribution in [2.45, 2.75) is 13.0 Å². The second-order valence-electron chi connectivity index (χ2n) is 4.30. The Morgan fingerprint density at radius 1 is 1.14 bits per heavy atom. The smallest absolute Gasteiger partial charge is 0.457 e. The molecule has 0 amide bonds. The quantitative estimate of drug-likeness (QED) is 0.773. The number of rotatable bonds is 5. The second-order valence-corrected chi connectivity index (χ2v) is 4.30. The van der Waals surface area contributed by atoms with Crippen LogP contribution in [0.4, 0.5) is 4.79 Å². The molecule has 0 spiro atoms. The molecule has 0 saturated heterocycles. The lowest BCUT2D eigenvalue weighted by atomic mass is 10.1. The van der Waals surface area contributed by atoms with Crippen molar-refractivity contribution in [3.8, 4) is 17.6 Å². The maximum atomic E-state index is 11.3. The first-order valence-electron chi connectivity index (χ1n) is 6.79. The summed E-state index contributed by atoms with van der Waals surface area (Å²) in [5.74, 6) is 1.23. The van der Waals surface area contributed by atoms with Gasteiger partial charge in [-0.1, -0.05) is 30.3 Å². The van der Waals surface area contributed by atoms with Gasteiger partial charge in [-0.2, -0.15) is 5.26 Å². The standard InChI is InChI=1S/C17H15NO4/c1-2-20-17(19)22-16(12-18)13-7-6-10-15(11-13)21-14-8-4-3-5-9-14/h3-11,16H,2H2,1H3/t16-/m1/s1. The van der Waals surface area contributed by atoms with Crippen molar-refractivity contribution in [3.63, 3.8) is 0 Å². The van der Waals surface area contributed by atoms with Crippen LogP contribution in [0.1, 0.15) is 18.6 Å². The topological polar surface area (TPSA) is 68.5 Å². The molecular weight excluding hydrogens is 282 g/mol.